The van der Waals surface area contributed by atoms with Crippen molar-refractivity contribution >= 4 is 22.5 Å². The summed E-state index contributed by atoms with van der Waals surface area (Å²) < 4.78 is 145. The molecule has 2 rings (SSSR count). The number of hydrogen-bond acceptors (Lipinski definition) is 2. The van der Waals surface area contributed by atoms with E-state index >= 15 is 0 Å². The zero-order valence-electron chi connectivity index (χ0n) is 11.9. The fraction of sp³-hybridized carbons (Fsp3) is 0. The first kappa shape index (κ1) is 20.7. The molecule has 0 amide bonds. The number of benzene rings is 2. The molecule has 0 bridgehead atoms. The van der Waals surface area contributed by atoms with Crippen LogP contribution in [0.4, 0.5) is 54.1 Å². The summed E-state index contributed by atoms with van der Waals surface area (Å²) in [6, 6.07) is 0. The predicted octanol–water partition coefficient (Wildman–Crippen LogP) is 5.37. The lowest BCUT2D eigenvalue weighted by Crippen LogP contribution is -2.16. The van der Waals surface area contributed by atoms with E-state index in [1.807, 2.05) is 0 Å². The summed E-state index contributed by atoms with van der Waals surface area (Å²) in [5, 5.41) is -1.26. The van der Waals surface area contributed by atoms with E-state index in [0.717, 1.165) is 0 Å². The first-order chi connectivity index (χ1) is 12.4. The van der Waals surface area contributed by atoms with E-state index in [1.54, 1.807) is 0 Å². The lowest BCUT2D eigenvalue weighted by molar-refractivity contribution is 0.358. The van der Waals surface area contributed by atoms with Crippen LogP contribution in [0.5, 0.6) is 0 Å². The molecule has 0 saturated heterocycles. The summed E-state index contributed by atoms with van der Waals surface area (Å²) >= 11 is 5.10. The molecular weight excluding hydrogens is 429 g/mol. The number of halogens is 12. The highest BCUT2D eigenvalue weighted by Crippen LogP contribution is 2.32. The number of hydrazone groups is 1. The number of rotatable bonds is 3. The van der Waals surface area contributed by atoms with Crippen LogP contribution < -0.4 is 5.23 Å². The lowest BCUT2D eigenvalue weighted by atomic mass is 10.2. The third-order valence-corrected chi connectivity index (χ3v) is 3.23. The van der Waals surface area contributed by atoms with E-state index in [2.05, 4.69) is 5.10 Å². The van der Waals surface area contributed by atoms with E-state index in [0.29, 0.717) is 0 Å². The molecule has 0 heterocycles. The van der Waals surface area contributed by atoms with Crippen molar-refractivity contribution in [1.82, 2.24) is 0 Å². The van der Waals surface area contributed by atoms with Gasteiger partial charge < -0.3 is 0 Å². The van der Waals surface area contributed by atoms with E-state index in [1.165, 1.54) is 0 Å². The van der Waals surface area contributed by atoms with Crippen molar-refractivity contribution in [3.63, 3.8) is 0 Å². The molecule has 0 radical (unpaired) electrons. The van der Waals surface area contributed by atoms with Gasteiger partial charge in [-0.1, -0.05) is 21.3 Å². The maximum atomic E-state index is 13.7. The fourth-order valence-corrected chi connectivity index (χ4v) is 1.95. The first-order valence-electron chi connectivity index (χ1n) is 6.15. The van der Waals surface area contributed by atoms with Gasteiger partial charge in [-0.15, -0.1) is 5.10 Å². The van der Waals surface area contributed by atoms with Crippen molar-refractivity contribution in [2.24, 2.45) is 5.10 Å². The molecule has 0 atom stereocenters. The second-order valence-electron chi connectivity index (χ2n) is 4.51. The fourth-order valence-electron chi connectivity index (χ4n) is 1.72. The number of anilines is 1. The van der Waals surface area contributed by atoms with Crippen LogP contribution in [-0.4, -0.2) is 5.17 Å². The Labute approximate surface area is 146 Å². The summed E-state index contributed by atoms with van der Waals surface area (Å²) in [6.07, 6.45) is 0. The molecule has 0 spiro atoms. The highest BCUT2D eigenvalue weighted by Gasteiger charge is 2.32. The van der Waals surface area contributed by atoms with Gasteiger partial charge in [0, 0.05) is 0 Å². The van der Waals surface area contributed by atoms with E-state index in [4.69, 9.17) is 11.6 Å². The lowest BCUT2D eigenvalue weighted by Gasteiger charge is -2.13. The van der Waals surface area contributed by atoms with Gasteiger partial charge >= 0.3 is 0 Å². The molecule has 27 heavy (non-hydrogen) atoms. The van der Waals surface area contributed by atoms with Gasteiger partial charge in [0.2, 0.25) is 11.6 Å². The maximum absolute atomic E-state index is 13.7. The summed E-state index contributed by atoms with van der Waals surface area (Å²) in [4.78, 5) is 0. The van der Waals surface area contributed by atoms with Crippen LogP contribution in [0.15, 0.2) is 5.10 Å². The molecule has 0 saturated carbocycles. The summed E-state index contributed by atoms with van der Waals surface area (Å²) in [6.45, 7) is 0. The number of nitrogens with zero attached hydrogens (tertiary/aromatic N) is 2. The molecule has 0 aromatic heterocycles. The minimum Gasteiger partial charge on any atom is -0.203 e. The Morgan fingerprint density at radius 1 is 0.556 bits per heavy atom. The summed E-state index contributed by atoms with van der Waals surface area (Å²) in [5.74, 6) is -26.2. The van der Waals surface area contributed by atoms with Gasteiger partial charge in [0.15, 0.2) is 57.4 Å². The van der Waals surface area contributed by atoms with Gasteiger partial charge in [0.1, 0.15) is 0 Å². The molecule has 0 N–H and O–H groups in total. The van der Waals surface area contributed by atoms with E-state index < -0.39 is 79.8 Å². The molecule has 14 heteroatoms. The van der Waals surface area contributed by atoms with Crippen molar-refractivity contribution in [3.05, 3.63) is 63.7 Å². The van der Waals surface area contributed by atoms with E-state index in [-0.39, 0.29) is 0 Å². The average Bonchev–Trinajstić information content (AvgIpc) is 2.61. The molecule has 2 aromatic rings. The van der Waals surface area contributed by atoms with Crippen molar-refractivity contribution in [2.45, 2.75) is 0 Å². The minimum absolute atomic E-state index is 1.63. The van der Waals surface area contributed by atoms with Crippen LogP contribution in [0.3, 0.4) is 0 Å². The zero-order chi connectivity index (χ0) is 20.8. The van der Waals surface area contributed by atoms with Crippen LogP contribution in [-0.2, 0) is 0 Å². The average molecular weight is 429 g/mol. The topological polar surface area (TPSA) is 15.6 Å². The molecular formula is C13ClF11N2. The molecule has 0 aliphatic carbocycles. The largest absolute Gasteiger partial charge is 0.203 e. The SMILES string of the molecule is Fc1c(F)c(F)c(C(Cl)=NN(F)c2c(F)c(F)c(F)c(F)c2F)c(F)c1F. The maximum Gasteiger partial charge on any atom is 0.200 e. The third-order valence-electron chi connectivity index (χ3n) is 2.96. The monoisotopic (exact) mass is 428 g/mol. The first-order valence-corrected chi connectivity index (χ1v) is 6.52. The minimum atomic E-state index is -2.69. The van der Waals surface area contributed by atoms with Gasteiger partial charge in [0.25, 0.3) is 0 Å². The molecule has 0 fully saturated rings. The Morgan fingerprint density at radius 2 is 0.852 bits per heavy atom. The Hall–Kier alpha value is -2.57. The molecule has 2 aromatic carbocycles. The Kier molecular flexibility index (Phi) is 5.54. The van der Waals surface area contributed by atoms with Crippen LogP contribution in [0.1, 0.15) is 5.56 Å². The van der Waals surface area contributed by atoms with Crippen molar-refractivity contribution < 1.29 is 48.4 Å². The van der Waals surface area contributed by atoms with Gasteiger partial charge in [-0.05, 0) is 0 Å². The van der Waals surface area contributed by atoms with Crippen LogP contribution in [0, 0.1) is 58.2 Å². The quantitative estimate of drug-likeness (QED) is 0.160. The van der Waals surface area contributed by atoms with Crippen molar-refractivity contribution in [2.75, 3.05) is 5.23 Å². The van der Waals surface area contributed by atoms with Gasteiger partial charge in [-0.3, -0.25) is 0 Å². The molecule has 146 valence electrons. The Morgan fingerprint density at radius 3 is 1.22 bits per heavy atom. The standard InChI is InChI=1S/C13ClF11N2/c14-13(1-2(15)4(17)6(19)5(18)3(1)16)26-27(25)12-10(23)8(21)7(20)9(22)11(12)24. The van der Waals surface area contributed by atoms with Crippen LogP contribution >= 0.6 is 11.6 Å². The van der Waals surface area contributed by atoms with Crippen LogP contribution in [0.2, 0.25) is 0 Å². The van der Waals surface area contributed by atoms with Gasteiger partial charge in [-0.2, -0.15) is 0 Å². The summed E-state index contributed by atoms with van der Waals surface area (Å²) in [7, 11) is 0. The van der Waals surface area contributed by atoms with Crippen LogP contribution in [0.25, 0.3) is 0 Å². The Bertz CT molecular complexity index is 918. The molecule has 0 aliphatic heterocycles. The second kappa shape index (κ2) is 7.21. The van der Waals surface area contributed by atoms with E-state index in [9.17, 15) is 48.4 Å². The zero-order valence-corrected chi connectivity index (χ0v) is 12.7. The highest BCUT2D eigenvalue weighted by atomic mass is 35.5. The molecule has 2 nitrogen and oxygen atoms in total. The van der Waals surface area contributed by atoms with Crippen molar-refractivity contribution in [3.8, 4) is 0 Å². The van der Waals surface area contributed by atoms with Gasteiger partial charge in [-0.25, -0.2) is 43.9 Å². The molecule has 0 aliphatic rings. The number of hydrogen-bond donors (Lipinski definition) is 0. The van der Waals surface area contributed by atoms with Crippen molar-refractivity contribution in [1.29, 1.82) is 0 Å². The Balaban J connectivity index is 2.66. The summed E-state index contributed by atoms with van der Waals surface area (Å²) in [5.41, 5.74) is -4.37. The molecule has 0 unspecified atom stereocenters. The smallest absolute Gasteiger partial charge is 0.200 e. The predicted molar refractivity (Wildman–Crippen MR) is 68.4 cm³/mol. The van der Waals surface area contributed by atoms with Gasteiger partial charge in [0.05, 0.1) is 5.56 Å². The third kappa shape index (κ3) is 3.26. The normalized spacial score (nSPS) is 11.9. The second-order valence-corrected chi connectivity index (χ2v) is 4.87. The highest BCUT2D eigenvalue weighted by molar-refractivity contribution is 6.69.